The summed E-state index contributed by atoms with van der Waals surface area (Å²) in [5.74, 6) is 1.39. The van der Waals surface area contributed by atoms with Gasteiger partial charge in [-0.15, -0.1) is 0 Å². The predicted octanol–water partition coefficient (Wildman–Crippen LogP) is 6.41. The van der Waals surface area contributed by atoms with Gasteiger partial charge in [0.25, 0.3) is 0 Å². The highest BCUT2D eigenvalue weighted by Gasteiger charge is 2.60. The fraction of sp³-hybridized carbons (Fsp3) is 0.552. The minimum Gasteiger partial charge on any atom is -0.489 e. The summed E-state index contributed by atoms with van der Waals surface area (Å²) < 4.78 is 12.8. The monoisotopic (exact) mass is 479 g/mol. The van der Waals surface area contributed by atoms with Crippen molar-refractivity contribution in [2.24, 2.45) is 11.8 Å². The molecule has 1 fully saturated rings. The van der Waals surface area contributed by atoms with Crippen molar-refractivity contribution in [2.75, 3.05) is 6.61 Å². The molecule has 1 amide bonds. The SMILES string of the molecule is CC(C)[C@@]1(C)c2cc(OCc3ccccc3)ccc2[C@@H]2[C@@H](CO[Si](C)(C)C(C)(C)C)NC(=O)[C@@H]21. The van der Waals surface area contributed by atoms with Crippen LogP contribution in [0, 0.1) is 11.8 Å². The summed E-state index contributed by atoms with van der Waals surface area (Å²) in [6, 6.07) is 16.7. The molecule has 0 aromatic heterocycles. The summed E-state index contributed by atoms with van der Waals surface area (Å²) >= 11 is 0. The van der Waals surface area contributed by atoms with E-state index in [1.165, 1.54) is 11.1 Å². The van der Waals surface area contributed by atoms with Crippen LogP contribution in [0.2, 0.25) is 18.1 Å². The van der Waals surface area contributed by atoms with Gasteiger partial charge >= 0.3 is 0 Å². The molecule has 1 heterocycles. The van der Waals surface area contributed by atoms with E-state index >= 15 is 0 Å². The third-order valence-corrected chi connectivity index (χ3v) is 13.4. The number of amides is 1. The first-order valence-corrected chi connectivity index (χ1v) is 15.5. The van der Waals surface area contributed by atoms with Crippen LogP contribution in [0.25, 0.3) is 0 Å². The highest BCUT2D eigenvalue weighted by molar-refractivity contribution is 6.74. The van der Waals surface area contributed by atoms with Crippen molar-refractivity contribution in [1.82, 2.24) is 5.32 Å². The molecule has 0 unspecified atom stereocenters. The Morgan fingerprint density at radius 3 is 2.38 bits per heavy atom. The lowest BCUT2D eigenvalue weighted by molar-refractivity contribution is -0.125. The summed E-state index contributed by atoms with van der Waals surface area (Å²) in [4.78, 5) is 13.4. The van der Waals surface area contributed by atoms with Crippen LogP contribution in [0.15, 0.2) is 48.5 Å². The van der Waals surface area contributed by atoms with Crippen LogP contribution in [0.5, 0.6) is 5.75 Å². The van der Waals surface area contributed by atoms with E-state index in [9.17, 15) is 4.79 Å². The van der Waals surface area contributed by atoms with Crippen LogP contribution < -0.4 is 10.1 Å². The van der Waals surface area contributed by atoms with Crippen molar-refractivity contribution in [1.29, 1.82) is 0 Å². The molecule has 184 valence electrons. The first-order chi connectivity index (χ1) is 15.9. The first-order valence-electron chi connectivity index (χ1n) is 12.6. The molecule has 2 aromatic rings. The zero-order valence-corrected chi connectivity index (χ0v) is 23.1. The van der Waals surface area contributed by atoms with Gasteiger partial charge in [0.05, 0.1) is 18.6 Å². The number of rotatable bonds is 7. The van der Waals surface area contributed by atoms with E-state index in [4.69, 9.17) is 9.16 Å². The predicted molar refractivity (Wildman–Crippen MR) is 141 cm³/mol. The molecule has 4 atom stereocenters. The summed E-state index contributed by atoms with van der Waals surface area (Å²) in [7, 11) is -1.91. The quantitative estimate of drug-likeness (QED) is 0.467. The van der Waals surface area contributed by atoms with Crippen LogP contribution in [0.4, 0.5) is 0 Å². The molecule has 4 nitrogen and oxygen atoms in total. The number of carbonyl (C=O) groups excluding carboxylic acids is 1. The normalized spacial score (nSPS) is 26.4. The van der Waals surface area contributed by atoms with Crippen molar-refractivity contribution in [3.8, 4) is 5.75 Å². The molecular weight excluding hydrogens is 438 g/mol. The topological polar surface area (TPSA) is 47.6 Å². The van der Waals surface area contributed by atoms with Crippen molar-refractivity contribution >= 4 is 14.2 Å². The van der Waals surface area contributed by atoms with Gasteiger partial charge in [0.1, 0.15) is 12.4 Å². The molecule has 1 aliphatic heterocycles. The molecule has 1 saturated heterocycles. The van der Waals surface area contributed by atoms with Gasteiger partial charge in [-0.2, -0.15) is 0 Å². The summed E-state index contributed by atoms with van der Waals surface area (Å²) in [6.45, 7) is 19.2. The van der Waals surface area contributed by atoms with Gasteiger partial charge in [-0.3, -0.25) is 4.79 Å². The summed E-state index contributed by atoms with van der Waals surface area (Å²) in [5, 5.41) is 3.46. The first kappa shape index (κ1) is 25.0. The number of ether oxygens (including phenoxy) is 1. The average molecular weight is 480 g/mol. The molecule has 0 radical (unpaired) electrons. The van der Waals surface area contributed by atoms with Crippen LogP contribution >= 0.6 is 0 Å². The van der Waals surface area contributed by atoms with E-state index in [1.807, 2.05) is 18.2 Å². The second-order valence-corrected chi connectivity index (χ2v) is 17.0. The lowest BCUT2D eigenvalue weighted by atomic mass is 9.67. The molecule has 2 aliphatic rings. The van der Waals surface area contributed by atoms with Gasteiger partial charge in [-0.1, -0.05) is 77.9 Å². The maximum absolute atomic E-state index is 13.4. The Morgan fingerprint density at radius 2 is 1.76 bits per heavy atom. The maximum atomic E-state index is 13.4. The largest absolute Gasteiger partial charge is 0.489 e. The molecule has 0 bridgehead atoms. The van der Waals surface area contributed by atoms with E-state index in [2.05, 4.69) is 90.3 Å². The van der Waals surface area contributed by atoms with Crippen molar-refractivity contribution in [3.05, 3.63) is 65.2 Å². The Morgan fingerprint density at radius 1 is 1.09 bits per heavy atom. The second-order valence-electron chi connectivity index (χ2n) is 12.2. The van der Waals surface area contributed by atoms with Gasteiger partial charge in [0.2, 0.25) is 5.91 Å². The molecule has 4 rings (SSSR count). The van der Waals surface area contributed by atoms with Gasteiger partial charge in [-0.05, 0) is 52.9 Å². The average Bonchev–Trinajstić information content (AvgIpc) is 3.25. The van der Waals surface area contributed by atoms with Gasteiger partial charge in [0.15, 0.2) is 8.32 Å². The van der Waals surface area contributed by atoms with Gasteiger partial charge in [0, 0.05) is 11.3 Å². The Bertz CT molecular complexity index is 1040. The summed E-state index contributed by atoms with van der Waals surface area (Å²) in [5.41, 5.74) is 3.43. The Labute approximate surface area is 206 Å². The fourth-order valence-corrected chi connectivity index (χ4v) is 6.45. The lowest BCUT2D eigenvalue weighted by Crippen LogP contribution is -2.45. The Hall–Kier alpha value is -2.11. The van der Waals surface area contributed by atoms with E-state index in [1.54, 1.807) is 0 Å². The highest BCUT2D eigenvalue weighted by Crippen LogP contribution is 2.58. The summed E-state index contributed by atoms with van der Waals surface area (Å²) in [6.07, 6.45) is 0. The van der Waals surface area contributed by atoms with Crippen LogP contribution in [-0.4, -0.2) is 26.9 Å². The zero-order chi connectivity index (χ0) is 24.9. The van der Waals surface area contributed by atoms with Gasteiger partial charge in [-0.25, -0.2) is 0 Å². The van der Waals surface area contributed by atoms with Crippen LogP contribution in [-0.2, 0) is 21.2 Å². The number of benzene rings is 2. The second kappa shape index (κ2) is 8.83. The fourth-order valence-electron chi connectivity index (χ4n) is 5.42. The Balaban J connectivity index is 1.63. The molecule has 1 N–H and O–H groups in total. The van der Waals surface area contributed by atoms with Crippen molar-refractivity contribution in [2.45, 2.75) is 83.7 Å². The molecule has 0 saturated carbocycles. The molecule has 0 spiro atoms. The van der Waals surface area contributed by atoms with Crippen molar-refractivity contribution < 1.29 is 14.0 Å². The van der Waals surface area contributed by atoms with Crippen LogP contribution in [0.3, 0.4) is 0 Å². The molecule has 34 heavy (non-hydrogen) atoms. The number of carbonyl (C=O) groups is 1. The highest BCUT2D eigenvalue weighted by atomic mass is 28.4. The minimum absolute atomic E-state index is 0.00189. The Kier molecular flexibility index (Phi) is 6.49. The van der Waals surface area contributed by atoms with Crippen LogP contribution in [0.1, 0.15) is 64.2 Å². The number of fused-ring (bicyclic) bond motifs is 3. The van der Waals surface area contributed by atoms with Crippen molar-refractivity contribution in [3.63, 3.8) is 0 Å². The smallest absolute Gasteiger partial charge is 0.225 e. The van der Waals surface area contributed by atoms with E-state index < -0.39 is 8.32 Å². The van der Waals surface area contributed by atoms with E-state index in [-0.39, 0.29) is 34.2 Å². The molecule has 1 aliphatic carbocycles. The standard InChI is InChI=1S/C29H41NO3Si/c1-19(2)29(6)23-16-21(32-17-20-12-10-9-11-13-20)14-15-22(23)25-24(30-27(31)26(25)29)18-33-34(7,8)28(3,4)5/h9-16,19,24-26H,17-18H2,1-8H3,(H,30,31)/t24-,25-,26-,29+/m1/s1. The molecule has 5 heteroatoms. The molecule has 2 aromatic carbocycles. The minimum atomic E-state index is -1.91. The van der Waals surface area contributed by atoms with E-state index in [0.29, 0.717) is 19.1 Å². The maximum Gasteiger partial charge on any atom is 0.225 e. The number of nitrogens with one attached hydrogen (secondary N) is 1. The third kappa shape index (κ3) is 4.22. The van der Waals surface area contributed by atoms with E-state index in [0.717, 1.165) is 11.3 Å². The lowest BCUT2D eigenvalue weighted by Gasteiger charge is -2.37. The molecular formula is C29H41NO3Si. The zero-order valence-electron chi connectivity index (χ0n) is 22.1. The van der Waals surface area contributed by atoms with Gasteiger partial charge < -0.3 is 14.5 Å². The number of hydrogen-bond donors (Lipinski definition) is 1. The third-order valence-electron chi connectivity index (χ3n) is 8.89. The number of hydrogen-bond acceptors (Lipinski definition) is 3.